The van der Waals surface area contributed by atoms with E-state index < -0.39 is 0 Å². The van der Waals surface area contributed by atoms with E-state index in [-0.39, 0.29) is 0 Å². The maximum atomic E-state index is 6.03. The molecule has 3 rings (SSSR count). The molecule has 3 heteroatoms. The highest BCUT2D eigenvalue weighted by atomic mass is 15.0. The van der Waals surface area contributed by atoms with Crippen molar-refractivity contribution in [1.82, 2.24) is 9.88 Å². The molecule has 2 aromatic rings. The Morgan fingerprint density at radius 1 is 1.19 bits per heavy atom. The van der Waals surface area contributed by atoms with Crippen LogP contribution in [0.25, 0.3) is 10.9 Å². The molecule has 1 saturated carbocycles. The van der Waals surface area contributed by atoms with Crippen LogP contribution >= 0.6 is 0 Å². The lowest BCUT2D eigenvalue weighted by atomic mass is 9.81. The van der Waals surface area contributed by atoms with Gasteiger partial charge in [0, 0.05) is 29.7 Å². The van der Waals surface area contributed by atoms with Gasteiger partial charge in [0.2, 0.25) is 0 Å². The maximum absolute atomic E-state index is 6.03. The number of likely N-dealkylation sites (N-methyl/N-ethyl adjacent to an activating group) is 1. The Bertz CT molecular complexity index is 592. The van der Waals surface area contributed by atoms with E-state index in [1.807, 2.05) is 0 Å². The second kappa shape index (κ2) is 6.20. The van der Waals surface area contributed by atoms with Crippen LogP contribution in [0.2, 0.25) is 0 Å². The number of fused-ring (bicyclic) bond motifs is 1. The van der Waals surface area contributed by atoms with Gasteiger partial charge in [0.15, 0.2) is 0 Å². The van der Waals surface area contributed by atoms with Crippen molar-refractivity contribution in [2.45, 2.75) is 44.1 Å². The van der Waals surface area contributed by atoms with Gasteiger partial charge in [-0.15, -0.1) is 0 Å². The molecule has 1 fully saturated rings. The zero-order valence-electron chi connectivity index (χ0n) is 13.2. The third-order valence-electron chi connectivity index (χ3n) is 4.86. The summed E-state index contributed by atoms with van der Waals surface area (Å²) in [6, 6.07) is 7.39. The lowest BCUT2D eigenvalue weighted by Gasteiger charge is -2.26. The van der Waals surface area contributed by atoms with Crippen LogP contribution in [-0.4, -0.2) is 36.6 Å². The molecular weight excluding hydrogens is 258 g/mol. The fraction of sp³-hybridized carbons (Fsp3) is 0.556. The molecule has 1 aromatic heterocycles. The predicted octanol–water partition coefficient (Wildman–Crippen LogP) is 3.26. The summed E-state index contributed by atoms with van der Waals surface area (Å²) in [7, 11) is 4.26. The molecular formula is C18H27N3. The zero-order valence-corrected chi connectivity index (χ0v) is 13.2. The number of hydrogen-bond donors (Lipinski definition) is 2. The quantitative estimate of drug-likeness (QED) is 0.905. The first-order valence-corrected chi connectivity index (χ1v) is 8.13. The van der Waals surface area contributed by atoms with Crippen LogP contribution in [0, 0.1) is 0 Å². The van der Waals surface area contributed by atoms with Crippen molar-refractivity contribution in [1.29, 1.82) is 0 Å². The number of nitrogens with zero attached hydrogens (tertiary/aromatic N) is 1. The van der Waals surface area contributed by atoms with Crippen molar-refractivity contribution in [2.24, 2.45) is 5.73 Å². The van der Waals surface area contributed by atoms with E-state index >= 15 is 0 Å². The van der Waals surface area contributed by atoms with E-state index in [0.717, 1.165) is 13.0 Å². The highest BCUT2D eigenvalue weighted by Gasteiger charge is 2.20. The summed E-state index contributed by atoms with van der Waals surface area (Å²) >= 11 is 0. The second-order valence-electron chi connectivity index (χ2n) is 6.78. The van der Waals surface area contributed by atoms with Crippen LogP contribution in [0.3, 0.4) is 0 Å². The zero-order chi connectivity index (χ0) is 14.8. The first kappa shape index (κ1) is 14.6. The van der Waals surface area contributed by atoms with Gasteiger partial charge in [0.25, 0.3) is 0 Å². The number of nitrogens with one attached hydrogen (secondary N) is 1. The summed E-state index contributed by atoms with van der Waals surface area (Å²) in [6.45, 7) is 1.09. The van der Waals surface area contributed by atoms with Gasteiger partial charge < -0.3 is 15.6 Å². The van der Waals surface area contributed by atoms with Crippen LogP contribution in [0.15, 0.2) is 24.4 Å². The van der Waals surface area contributed by atoms with Crippen LogP contribution < -0.4 is 5.73 Å². The second-order valence-corrected chi connectivity index (χ2v) is 6.78. The number of aromatic amines is 1. The maximum Gasteiger partial charge on any atom is 0.0456 e. The van der Waals surface area contributed by atoms with Crippen molar-refractivity contribution in [3.05, 3.63) is 35.5 Å². The Labute approximate surface area is 127 Å². The predicted molar refractivity (Wildman–Crippen MR) is 89.7 cm³/mol. The number of benzene rings is 1. The van der Waals surface area contributed by atoms with Gasteiger partial charge in [-0.05, 0) is 75.4 Å². The molecule has 0 amide bonds. The lowest BCUT2D eigenvalue weighted by Crippen LogP contribution is -2.25. The highest BCUT2D eigenvalue weighted by Crippen LogP contribution is 2.34. The Morgan fingerprint density at radius 2 is 1.95 bits per heavy atom. The van der Waals surface area contributed by atoms with Gasteiger partial charge in [-0.25, -0.2) is 0 Å². The van der Waals surface area contributed by atoms with Crippen molar-refractivity contribution >= 4 is 10.9 Å². The number of rotatable bonds is 4. The van der Waals surface area contributed by atoms with Crippen molar-refractivity contribution in [3.8, 4) is 0 Å². The number of aromatic nitrogens is 1. The van der Waals surface area contributed by atoms with Gasteiger partial charge in [-0.1, -0.05) is 6.07 Å². The molecule has 3 N–H and O–H groups in total. The third-order valence-corrected chi connectivity index (χ3v) is 4.86. The standard InChI is InChI=1S/C18H27N3/c1-21(2)10-9-15-12-20-18-8-5-14(11-17(15)18)13-3-6-16(19)7-4-13/h5,8,11-13,16,20H,3-4,6-7,9-10,19H2,1-2H3. The average Bonchev–Trinajstić information content (AvgIpc) is 2.88. The minimum absolute atomic E-state index is 0.424. The molecule has 0 aliphatic heterocycles. The first-order chi connectivity index (χ1) is 10.1. The number of H-pyrrole nitrogens is 1. The van der Waals surface area contributed by atoms with E-state index in [9.17, 15) is 0 Å². The van der Waals surface area contributed by atoms with Gasteiger partial charge >= 0.3 is 0 Å². The Morgan fingerprint density at radius 3 is 2.67 bits per heavy atom. The molecule has 1 heterocycles. The van der Waals surface area contributed by atoms with E-state index in [4.69, 9.17) is 5.73 Å². The molecule has 0 unspecified atom stereocenters. The van der Waals surface area contributed by atoms with Gasteiger partial charge in [-0.3, -0.25) is 0 Å². The highest BCUT2D eigenvalue weighted by molar-refractivity contribution is 5.84. The van der Waals surface area contributed by atoms with Crippen molar-refractivity contribution in [3.63, 3.8) is 0 Å². The summed E-state index contributed by atoms with van der Waals surface area (Å²) in [6.07, 6.45) is 8.10. The largest absolute Gasteiger partial charge is 0.361 e. The Hall–Kier alpha value is -1.32. The van der Waals surface area contributed by atoms with Crippen LogP contribution in [0.4, 0.5) is 0 Å². The van der Waals surface area contributed by atoms with Crippen molar-refractivity contribution in [2.75, 3.05) is 20.6 Å². The molecule has 1 aliphatic rings. The summed E-state index contributed by atoms with van der Waals surface area (Å²) in [5.41, 5.74) is 10.2. The molecule has 0 atom stereocenters. The normalized spacial score (nSPS) is 23.0. The smallest absolute Gasteiger partial charge is 0.0456 e. The fourth-order valence-corrected chi connectivity index (χ4v) is 3.45. The topological polar surface area (TPSA) is 45.0 Å². The first-order valence-electron chi connectivity index (χ1n) is 8.13. The van der Waals surface area contributed by atoms with Crippen LogP contribution in [0.1, 0.15) is 42.7 Å². The molecule has 3 nitrogen and oxygen atoms in total. The average molecular weight is 285 g/mol. The SMILES string of the molecule is CN(C)CCc1c[nH]c2ccc(C3CCC(N)CC3)cc12. The third kappa shape index (κ3) is 3.30. The van der Waals surface area contributed by atoms with Gasteiger partial charge in [0.1, 0.15) is 0 Å². The molecule has 0 spiro atoms. The summed E-state index contributed by atoms with van der Waals surface area (Å²) in [5.74, 6) is 0.700. The van der Waals surface area contributed by atoms with E-state index in [0.29, 0.717) is 12.0 Å². The van der Waals surface area contributed by atoms with Crippen molar-refractivity contribution < 1.29 is 0 Å². The number of hydrogen-bond acceptors (Lipinski definition) is 2. The fourth-order valence-electron chi connectivity index (χ4n) is 3.45. The van der Waals surface area contributed by atoms with Crippen LogP contribution in [-0.2, 0) is 6.42 Å². The van der Waals surface area contributed by atoms with E-state index in [1.165, 1.54) is 47.7 Å². The minimum Gasteiger partial charge on any atom is -0.361 e. The molecule has 21 heavy (non-hydrogen) atoms. The Balaban J connectivity index is 1.82. The van der Waals surface area contributed by atoms with E-state index in [2.05, 4.69) is 48.4 Å². The molecule has 1 aromatic carbocycles. The molecule has 0 bridgehead atoms. The summed E-state index contributed by atoms with van der Waals surface area (Å²) in [5, 5.41) is 1.41. The van der Waals surface area contributed by atoms with E-state index in [1.54, 1.807) is 0 Å². The van der Waals surface area contributed by atoms with Gasteiger partial charge in [-0.2, -0.15) is 0 Å². The Kier molecular flexibility index (Phi) is 4.32. The lowest BCUT2D eigenvalue weighted by molar-refractivity contribution is 0.396. The molecule has 1 aliphatic carbocycles. The summed E-state index contributed by atoms with van der Waals surface area (Å²) < 4.78 is 0. The molecule has 0 saturated heterocycles. The monoisotopic (exact) mass is 285 g/mol. The van der Waals surface area contributed by atoms with Gasteiger partial charge in [0.05, 0.1) is 0 Å². The molecule has 0 radical (unpaired) electrons. The molecule has 114 valence electrons. The summed E-state index contributed by atoms with van der Waals surface area (Å²) in [4.78, 5) is 5.65. The number of nitrogens with two attached hydrogens (primary N) is 1. The van der Waals surface area contributed by atoms with Crippen LogP contribution in [0.5, 0.6) is 0 Å². The minimum atomic E-state index is 0.424.